The first-order valence-electron chi connectivity index (χ1n) is 8.46. The minimum atomic E-state index is -0.582. The summed E-state index contributed by atoms with van der Waals surface area (Å²) in [5, 5.41) is 0. The summed E-state index contributed by atoms with van der Waals surface area (Å²) in [6.07, 6.45) is 0.817. The number of halogens is 1. The Morgan fingerprint density at radius 3 is 2.07 bits per heavy atom. The molecule has 0 aliphatic heterocycles. The first kappa shape index (κ1) is 20.9. The fourth-order valence-electron chi connectivity index (χ4n) is 2.86. The van der Waals surface area contributed by atoms with Crippen molar-refractivity contribution in [1.82, 2.24) is 4.98 Å². The molecule has 2 aromatic rings. The third kappa shape index (κ3) is 4.30. The Hall–Kier alpha value is -2.41. The van der Waals surface area contributed by atoms with Crippen LogP contribution in [0.3, 0.4) is 0 Å². The number of rotatable bonds is 6. The number of pyridine rings is 1. The van der Waals surface area contributed by atoms with Crippen LogP contribution in [-0.2, 0) is 9.47 Å². The Balaban J connectivity index is 2.95. The summed E-state index contributed by atoms with van der Waals surface area (Å²) in [5.41, 5.74) is 2.33. The molecule has 6 nitrogen and oxygen atoms in total. The molecule has 1 heterocycles. The lowest BCUT2D eigenvalue weighted by Crippen LogP contribution is -2.16. The van der Waals surface area contributed by atoms with Crippen LogP contribution in [0.25, 0.3) is 11.1 Å². The molecule has 144 valence electrons. The zero-order valence-corrected chi connectivity index (χ0v) is 17.6. The molecule has 0 spiro atoms. The summed E-state index contributed by atoms with van der Waals surface area (Å²) >= 11 is 3.45. The Morgan fingerprint density at radius 1 is 1.04 bits per heavy atom. The van der Waals surface area contributed by atoms with Crippen molar-refractivity contribution in [3.05, 3.63) is 45.2 Å². The van der Waals surface area contributed by atoms with Gasteiger partial charge >= 0.3 is 11.9 Å². The number of carbonyl (C=O) groups is 2. The monoisotopic (exact) mass is 435 g/mol. The molecule has 27 heavy (non-hydrogen) atoms. The number of methoxy groups -OCH3 is 2. The molecule has 0 saturated heterocycles. The molecule has 0 bridgehead atoms. The maximum absolute atomic E-state index is 12.5. The first-order chi connectivity index (χ1) is 12.8. The fraction of sp³-hybridized carbons (Fsp3) is 0.350. The van der Waals surface area contributed by atoms with Gasteiger partial charge in [-0.15, -0.1) is 0 Å². The SMILES string of the molecule is CCCOc1ccc(Br)cc1-c1c(C(=O)OC)c(C)nc(C)c1C(=O)OC. The van der Waals surface area contributed by atoms with E-state index in [1.54, 1.807) is 26.0 Å². The predicted molar refractivity (Wildman–Crippen MR) is 105 cm³/mol. The van der Waals surface area contributed by atoms with E-state index in [2.05, 4.69) is 20.9 Å². The Bertz CT molecular complexity index is 839. The molecular formula is C20H22BrNO5. The number of hydrogen-bond donors (Lipinski definition) is 0. The second kappa shape index (κ2) is 8.99. The standard InChI is InChI=1S/C20H22BrNO5/c1-6-9-27-15-8-7-13(21)10-14(15)18-16(19(23)25-4)11(2)22-12(3)17(18)20(24)26-5/h7-8,10H,6,9H2,1-5H3. The van der Waals surface area contributed by atoms with Crippen molar-refractivity contribution in [3.8, 4) is 16.9 Å². The highest BCUT2D eigenvalue weighted by Crippen LogP contribution is 2.39. The topological polar surface area (TPSA) is 74.7 Å². The molecule has 0 radical (unpaired) electrons. The second-order valence-corrected chi connectivity index (χ2v) is 6.80. The number of aryl methyl sites for hydroxylation is 2. The van der Waals surface area contributed by atoms with Crippen LogP contribution in [0.4, 0.5) is 0 Å². The molecule has 7 heteroatoms. The van der Waals surface area contributed by atoms with E-state index in [0.717, 1.165) is 10.9 Å². The molecule has 0 atom stereocenters. The van der Waals surface area contributed by atoms with Gasteiger partial charge in [0.25, 0.3) is 0 Å². The molecule has 0 amide bonds. The highest BCUT2D eigenvalue weighted by atomic mass is 79.9. The molecular weight excluding hydrogens is 414 g/mol. The number of hydrogen-bond acceptors (Lipinski definition) is 6. The van der Waals surface area contributed by atoms with Gasteiger partial charge in [0.15, 0.2) is 0 Å². The van der Waals surface area contributed by atoms with E-state index in [1.807, 2.05) is 13.0 Å². The number of esters is 2. The van der Waals surface area contributed by atoms with Crippen LogP contribution in [0.1, 0.15) is 45.4 Å². The first-order valence-corrected chi connectivity index (χ1v) is 9.25. The van der Waals surface area contributed by atoms with Gasteiger partial charge in [-0.2, -0.15) is 0 Å². The van der Waals surface area contributed by atoms with Crippen molar-refractivity contribution in [1.29, 1.82) is 0 Å². The van der Waals surface area contributed by atoms with Gasteiger partial charge in [0.1, 0.15) is 5.75 Å². The summed E-state index contributed by atoms with van der Waals surface area (Å²) in [5.74, 6) is -0.608. The third-order valence-corrected chi connectivity index (χ3v) is 4.50. The molecule has 2 rings (SSSR count). The summed E-state index contributed by atoms with van der Waals surface area (Å²) in [6, 6.07) is 5.44. The Kier molecular flexibility index (Phi) is 6.96. The van der Waals surface area contributed by atoms with Crippen LogP contribution in [0.2, 0.25) is 0 Å². The van der Waals surface area contributed by atoms with Crippen molar-refractivity contribution in [2.24, 2.45) is 0 Å². The van der Waals surface area contributed by atoms with Crippen molar-refractivity contribution in [2.75, 3.05) is 20.8 Å². The predicted octanol–water partition coefficient (Wildman–Crippen LogP) is 4.49. The second-order valence-electron chi connectivity index (χ2n) is 5.88. The van der Waals surface area contributed by atoms with Crippen LogP contribution in [0.5, 0.6) is 5.75 Å². The van der Waals surface area contributed by atoms with Crippen LogP contribution in [-0.4, -0.2) is 37.7 Å². The zero-order valence-electron chi connectivity index (χ0n) is 16.0. The van der Waals surface area contributed by atoms with Crippen LogP contribution in [0.15, 0.2) is 22.7 Å². The normalized spacial score (nSPS) is 10.4. The lowest BCUT2D eigenvalue weighted by molar-refractivity contribution is 0.0599. The average molecular weight is 436 g/mol. The number of aromatic nitrogens is 1. The van der Waals surface area contributed by atoms with Crippen LogP contribution < -0.4 is 4.74 Å². The van der Waals surface area contributed by atoms with Gasteiger partial charge in [0, 0.05) is 15.6 Å². The molecule has 0 fully saturated rings. The number of carbonyl (C=O) groups excluding carboxylic acids is 2. The zero-order chi connectivity index (χ0) is 20.1. The third-order valence-electron chi connectivity index (χ3n) is 4.01. The minimum Gasteiger partial charge on any atom is -0.493 e. The van der Waals surface area contributed by atoms with Gasteiger partial charge in [0.2, 0.25) is 0 Å². The smallest absolute Gasteiger partial charge is 0.340 e. The van der Waals surface area contributed by atoms with E-state index in [9.17, 15) is 9.59 Å². The van der Waals surface area contributed by atoms with Crippen LogP contribution in [0, 0.1) is 13.8 Å². The number of benzene rings is 1. The Morgan fingerprint density at radius 2 is 1.59 bits per heavy atom. The average Bonchev–Trinajstić information content (AvgIpc) is 2.65. The van der Waals surface area contributed by atoms with E-state index in [1.165, 1.54) is 14.2 Å². The van der Waals surface area contributed by atoms with Crippen molar-refractivity contribution in [3.63, 3.8) is 0 Å². The lowest BCUT2D eigenvalue weighted by Gasteiger charge is -2.19. The van der Waals surface area contributed by atoms with Crippen LogP contribution >= 0.6 is 15.9 Å². The quantitative estimate of drug-likeness (QED) is 0.622. The highest BCUT2D eigenvalue weighted by molar-refractivity contribution is 9.10. The molecule has 0 unspecified atom stereocenters. The lowest BCUT2D eigenvalue weighted by atomic mass is 9.92. The molecule has 0 saturated carbocycles. The summed E-state index contributed by atoms with van der Waals surface area (Å²) in [4.78, 5) is 29.5. The van der Waals surface area contributed by atoms with Gasteiger partial charge in [-0.1, -0.05) is 22.9 Å². The summed E-state index contributed by atoms with van der Waals surface area (Å²) in [6.45, 7) is 5.90. The summed E-state index contributed by atoms with van der Waals surface area (Å²) in [7, 11) is 2.58. The maximum atomic E-state index is 12.5. The molecule has 0 aliphatic rings. The van der Waals surface area contributed by atoms with E-state index in [4.69, 9.17) is 14.2 Å². The number of nitrogens with zero attached hydrogens (tertiary/aromatic N) is 1. The van der Waals surface area contributed by atoms with Gasteiger partial charge in [-0.05, 0) is 38.5 Å². The molecule has 1 aromatic heterocycles. The number of ether oxygens (including phenoxy) is 3. The maximum Gasteiger partial charge on any atom is 0.340 e. The van der Waals surface area contributed by atoms with Gasteiger partial charge in [0.05, 0.1) is 43.3 Å². The largest absolute Gasteiger partial charge is 0.493 e. The fourth-order valence-corrected chi connectivity index (χ4v) is 3.22. The van der Waals surface area contributed by atoms with E-state index < -0.39 is 11.9 Å². The molecule has 1 aromatic carbocycles. The van der Waals surface area contributed by atoms with Gasteiger partial charge in [-0.3, -0.25) is 4.98 Å². The van der Waals surface area contributed by atoms with E-state index in [0.29, 0.717) is 34.9 Å². The van der Waals surface area contributed by atoms with Crippen molar-refractivity contribution < 1.29 is 23.8 Å². The summed E-state index contributed by atoms with van der Waals surface area (Å²) < 4.78 is 16.6. The highest BCUT2D eigenvalue weighted by Gasteiger charge is 2.29. The van der Waals surface area contributed by atoms with Gasteiger partial charge < -0.3 is 14.2 Å². The molecule has 0 N–H and O–H groups in total. The Labute approximate surface area is 167 Å². The van der Waals surface area contributed by atoms with E-state index in [-0.39, 0.29) is 11.1 Å². The molecule has 0 aliphatic carbocycles. The van der Waals surface area contributed by atoms with Crippen molar-refractivity contribution >= 4 is 27.9 Å². The van der Waals surface area contributed by atoms with Crippen molar-refractivity contribution in [2.45, 2.75) is 27.2 Å². The van der Waals surface area contributed by atoms with E-state index >= 15 is 0 Å². The minimum absolute atomic E-state index is 0.211. The van der Waals surface area contributed by atoms with Gasteiger partial charge in [-0.25, -0.2) is 9.59 Å².